The molecule has 114 valence electrons. The van der Waals surface area contributed by atoms with Gasteiger partial charge in [-0.15, -0.1) is 0 Å². The molecule has 0 amide bonds. The molecule has 0 bridgehead atoms. The van der Waals surface area contributed by atoms with E-state index in [1.165, 1.54) is 18.2 Å². The minimum Gasteiger partial charge on any atom is -0.508 e. The molecule has 23 heavy (non-hydrogen) atoms. The fraction of sp³-hybridized carbons (Fsp3) is 0. The van der Waals surface area contributed by atoms with Crippen molar-refractivity contribution in [3.63, 3.8) is 0 Å². The second kappa shape index (κ2) is 4.90. The van der Waals surface area contributed by atoms with Gasteiger partial charge < -0.3 is 14.7 Å². The first-order chi connectivity index (χ1) is 11.1. The quantitative estimate of drug-likeness (QED) is 0.673. The Morgan fingerprint density at radius 1 is 0.783 bits per heavy atom. The third-order valence-electron chi connectivity index (χ3n) is 3.85. The summed E-state index contributed by atoms with van der Waals surface area (Å²) in [5.74, 6) is 0.211. The minimum absolute atomic E-state index is 0.157. The van der Waals surface area contributed by atoms with Gasteiger partial charge in [0.05, 0.1) is 10.6 Å². The number of benzene rings is 3. The molecule has 3 aromatic rings. The zero-order chi connectivity index (χ0) is 16.0. The number of phenols is 2. The van der Waals surface area contributed by atoms with Crippen molar-refractivity contribution in [2.45, 2.75) is 0 Å². The molecule has 1 aliphatic heterocycles. The first-order valence-electron chi connectivity index (χ1n) is 7.10. The lowest BCUT2D eigenvalue weighted by atomic mass is 10.0. The molecular weight excluding hydrogens is 311 g/mol. The third kappa shape index (κ3) is 2.11. The molecule has 1 atom stereocenters. The average molecular weight is 324 g/mol. The van der Waals surface area contributed by atoms with Crippen LogP contribution in [-0.2, 0) is 4.57 Å². The lowest BCUT2D eigenvalue weighted by Crippen LogP contribution is -2.25. The van der Waals surface area contributed by atoms with Gasteiger partial charge in [0.2, 0.25) is 0 Å². The second-order valence-corrected chi connectivity index (χ2v) is 7.65. The van der Waals surface area contributed by atoms with Crippen LogP contribution < -0.4 is 15.1 Å². The highest BCUT2D eigenvalue weighted by Gasteiger charge is 2.38. The van der Waals surface area contributed by atoms with Gasteiger partial charge in [-0.2, -0.15) is 0 Å². The molecule has 0 saturated carbocycles. The molecule has 1 heterocycles. The molecule has 0 fully saturated rings. The van der Waals surface area contributed by atoms with E-state index in [1.807, 2.05) is 30.3 Å². The van der Waals surface area contributed by atoms with Crippen LogP contribution in [0.15, 0.2) is 66.7 Å². The molecule has 0 spiro atoms. The van der Waals surface area contributed by atoms with Crippen LogP contribution in [0.25, 0.3) is 11.1 Å². The molecule has 5 heteroatoms. The Hall–Kier alpha value is -2.71. The van der Waals surface area contributed by atoms with Crippen LogP contribution in [0, 0.1) is 0 Å². The van der Waals surface area contributed by atoms with E-state index in [4.69, 9.17) is 4.52 Å². The van der Waals surface area contributed by atoms with Gasteiger partial charge in [0.15, 0.2) is 0 Å². The van der Waals surface area contributed by atoms with Crippen molar-refractivity contribution in [1.82, 2.24) is 0 Å². The molecule has 4 rings (SSSR count). The number of hydrogen-bond donors (Lipinski definition) is 2. The van der Waals surface area contributed by atoms with Gasteiger partial charge in [-0.1, -0.05) is 36.4 Å². The van der Waals surface area contributed by atoms with Crippen molar-refractivity contribution in [3.8, 4) is 28.4 Å². The molecule has 0 aliphatic carbocycles. The van der Waals surface area contributed by atoms with Gasteiger partial charge in [-0.25, -0.2) is 0 Å². The second-order valence-electron chi connectivity index (χ2n) is 5.36. The summed E-state index contributed by atoms with van der Waals surface area (Å²) in [4.78, 5) is 0. The molecule has 4 nitrogen and oxygen atoms in total. The summed E-state index contributed by atoms with van der Waals surface area (Å²) in [5, 5.41) is 20.3. The maximum absolute atomic E-state index is 13.7. The summed E-state index contributed by atoms with van der Waals surface area (Å²) in [6, 6.07) is 18.6. The van der Waals surface area contributed by atoms with Crippen molar-refractivity contribution < 1.29 is 19.3 Å². The van der Waals surface area contributed by atoms with E-state index in [-0.39, 0.29) is 16.8 Å². The summed E-state index contributed by atoms with van der Waals surface area (Å²) < 4.78 is 19.6. The van der Waals surface area contributed by atoms with Crippen LogP contribution in [0.4, 0.5) is 0 Å². The Labute approximate surface area is 133 Å². The SMILES string of the molecule is O=P1(c2cc(O)cc(O)c2)Oc2ccccc2-c2ccccc21. The molecule has 0 saturated heterocycles. The van der Waals surface area contributed by atoms with E-state index >= 15 is 0 Å². The highest BCUT2D eigenvalue weighted by molar-refractivity contribution is 7.75. The van der Waals surface area contributed by atoms with Crippen molar-refractivity contribution in [2.75, 3.05) is 0 Å². The predicted molar refractivity (Wildman–Crippen MR) is 89.2 cm³/mol. The van der Waals surface area contributed by atoms with Crippen LogP contribution in [0.5, 0.6) is 17.2 Å². The number of hydrogen-bond acceptors (Lipinski definition) is 4. The topological polar surface area (TPSA) is 66.8 Å². The van der Waals surface area contributed by atoms with E-state index in [0.29, 0.717) is 11.1 Å². The van der Waals surface area contributed by atoms with Crippen LogP contribution in [0.3, 0.4) is 0 Å². The standard InChI is InChI=1S/C18H13O4P/c19-12-9-13(20)11-14(10-12)23(21)18-8-4-2-6-16(18)15-5-1-3-7-17(15)22-23/h1-11,19-20H. The zero-order valence-electron chi connectivity index (χ0n) is 12.0. The number of aromatic hydroxyl groups is 2. The molecule has 3 aromatic carbocycles. The largest absolute Gasteiger partial charge is 0.508 e. The predicted octanol–water partition coefficient (Wildman–Crippen LogP) is 3.39. The Balaban J connectivity index is 2.02. The van der Waals surface area contributed by atoms with E-state index in [0.717, 1.165) is 11.1 Å². The maximum Gasteiger partial charge on any atom is 0.307 e. The van der Waals surface area contributed by atoms with Crippen LogP contribution in [0.2, 0.25) is 0 Å². The maximum atomic E-state index is 13.7. The van der Waals surface area contributed by atoms with Crippen molar-refractivity contribution in [2.24, 2.45) is 0 Å². The van der Waals surface area contributed by atoms with E-state index in [2.05, 4.69) is 0 Å². The Bertz CT molecular complexity index is 944. The van der Waals surface area contributed by atoms with Crippen LogP contribution in [-0.4, -0.2) is 10.2 Å². The Morgan fingerprint density at radius 3 is 2.13 bits per heavy atom. The first kappa shape index (κ1) is 13.9. The smallest absolute Gasteiger partial charge is 0.307 e. The summed E-state index contributed by atoms with van der Waals surface area (Å²) in [5.41, 5.74) is 1.71. The van der Waals surface area contributed by atoms with Gasteiger partial charge in [-0.05, 0) is 29.8 Å². The summed E-state index contributed by atoms with van der Waals surface area (Å²) in [6.45, 7) is 0. The monoisotopic (exact) mass is 324 g/mol. The lowest BCUT2D eigenvalue weighted by molar-refractivity contribution is 0.450. The summed E-state index contributed by atoms with van der Waals surface area (Å²) in [6.07, 6.45) is 0. The van der Waals surface area contributed by atoms with Crippen LogP contribution >= 0.6 is 7.37 Å². The molecular formula is C18H13O4P. The average Bonchev–Trinajstić information content (AvgIpc) is 2.54. The Kier molecular flexibility index (Phi) is 2.97. The molecule has 0 radical (unpaired) electrons. The number of phenolic OH excluding ortho intramolecular Hbond substituents is 2. The third-order valence-corrected chi connectivity index (χ3v) is 6.27. The minimum atomic E-state index is -3.46. The zero-order valence-corrected chi connectivity index (χ0v) is 12.9. The van der Waals surface area contributed by atoms with Crippen molar-refractivity contribution >= 4 is 18.0 Å². The Morgan fingerprint density at radius 2 is 1.39 bits per heavy atom. The number of para-hydroxylation sites is 1. The fourth-order valence-corrected chi connectivity index (χ4v) is 5.17. The van der Waals surface area contributed by atoms with Gasteiger partial charge in [0.1, 0.15) is 17.2 Å². The summed E-state index contributed by atoms with van der Waals surface area (Å²) >= 11 is 0. The van der Waals surface area contributed by atoms with Gasteiger partial charge in [0, 0.05) is 11.6 Å². The van der Waals surface area contributed by atoms with E-state index in [9.17, 15) is 14.8 Å². The molecule has 0 aromatic heterocycles. The van der Waals surface area contributed by atoms with Crippen molar-refractivity contribution in [3.05, 3.63) is 66.7 Å². The number of rotatable bonds is 1. The van der Waals surface area contributed by atoms with E-state index < -0.39 is 7.37 Å². The highest BCUT2D eigenvalue weighted by Crippen LogP contribution is 2.54. The molecule has 2 N–H and O–H groups in total. The fourth-order valence-electron chi connectivity index (χ4n) is 2.86. The van der Waals surface area contributed by atoms with Crippen molar-refractivity contribution in [1.29, 1.82) is 0 Å². The highest BCUT2D eigenvalue weighted by atomic mass is 31.2. The van der Waals surface area contributed by atoms with Crippen LogP contribution in [0.1, 0.15) is 0 Å². The first-order valence-corrected chi connectivity index (χ1v) is 8.73. The summed E-state index contributed by atoms with van der Waals surface area (Å²) in [7, 11) is -3.46. The number of fused-ring (bicyclic) bond motifs is 3. The van der Waals surface area contributed by atoms with Gasteiger partial charge in [-0.3, -0.25) is 4.57 Å². The van der Waals surface area contributed by atoms with Gasteiger partial charge >= 0.3 is 7.37 Å². The molecule has 1 aliphatic rings. The van der Waals surface area contributed by atoms with Gasteiger partial charge in [0.25, 0.3) is 0 Å². The lowest BCUT2D eigenvalue weighted by Gasteiger charge is -2.28. The molecule has 1 unspecified atom stereocenters. The van der Waals surface area contributed by atoms with E-state index in [1.54, 1.807) is 18.2 Å². The normalized spacial score (nSPS) is 18.6.